The molecule has 1 saturated heterocycles. The minimum atomic E-state index is -0.415. The standard InChI is InChI=1S/C37H35N3O7S2/c1-4-46-26-15-19(9-14-25(26)47-17-27(41)38-24-8-6-5-7-18(24)2)28-29-22-16-23(32(29)48-34-33(28)49-37(44)39-34)31-30(22)35(42)40(36(31)43)20-10-12-21(45-3)13-11-20/h5-15,22-23,28-32H,4,16-17H2,1-3H3,(H,38,41)(H,39,44)/t22-,23-,28+,29-,30+,31+,32-/m1/s1. The number of aromatic amines is 1. The zero-order valence-electron chi connectivity index (χ0n) is 27.1. The number of carbonyl (C=O) groups is 3. The number of methoxy groups -OCH3 is 1. The predicted molar refractivity (Wildman–Crippen MR) is 187 cm³/mol. The second kappa shape index (κ2) is 12.4. The Balaban J connectivity index is 1.10. The van der Waals surface area contributed by atoms with Gasteiger partial charge in [-0.25, -0.2) is 0 Å². The number of carbonyl (C=O) groups excluding carboxylic acids is 3. The van der Waals surface area contributed by atoms with Gasteiger partial charge in [-0.15, -0.1) is 11.8 Å². The number of fused-ring (bicyclic) bond motifs is 9. The van der Waals surface area contributed by atoms with E-state index in [2.05, 4.69) is 10.3 Å². The van der Waals surface area contributed by atoms with Crippen molar-refractivity contribution in [2.24, 2.45) is 29.6 Å². The highest BCUT2D eigenvalue weighted by atomic mass is 32.2. The zero-order valence-corrected chi connectivity index (χ0v) is 28.8. The van der Waals surface area contributed by atoms with Gasteiger partial charge in [-0.3, -0.25) is 24.1 Å². The summed E-state index contributed by atoms with van der Waals surface area (Å²) in [7, 11) is 1.58. The molecule has 3 amide bonds. The molecule has 3 aromatic carbocycles. The van der Waals surface area contributed by atoms with Crippen LogP contribution in [0.3, 0.4) is 0 Å². The van der Waals surface area contributed by atoms with Gasteiger partial charge >= 0.3 is 4.87 Å². The first-order chi connectivity index (χ1) is 23.8. The maximum atomic E-state index is 14.1. The number of hydrogen-bond acceptors (Lipinski definition) is 9. The van der Waals surface area contributed by atoms with Crippen molar-refractivity contribution in [1.29, 1.82) is 0 Å². The number of anilines is 2. The number of nitrogens with zero attached hydrogens (tertiary/aromatic N) is 1. The average Bonchev–Trinajstić information content (AvgIpc) is 3.84. The van der Waals surface area contributed by atoms with E-state index in [0.717, 1.165) is 33.1 Å². The Bertz CT molecular complexity index is 2020. The highest BCUT2D eigenvalue weighted by Crippen LogP contribution is 2.68. The van der Waals surface area contributed by atoms with Crippen molar-refractivity contribution in [1.82, 2.24) is 4.98 Å². The van der Waals surface area contributed by atoms with Crippen LogP contribution in [0.1, 0.15) is 35.3 Å². The first kappa shape index (κ1) is 31.7. The van der Waals surface area contributed by atoms with Gasteiger partial charge in [-0.05, 0) is 91.6 Å². The van der Waals surface area contributed by atoms with Gasteiger partial charge in [-0.1, -0.05) is 35.6 Å². The van der Waals surface area contributed by atoms with E-state index in [1.54, 1.807) is 43.1 Å². The molecular weight excluding hydrogens is 663 g/mol. The lowest BCUT2D eigenvalue weighted by Crippen LogP contribution is -2.42. The number of amides is 3. The Morgan fingerprint density at radius 3 is 2.45 bits per heavy atom. The maximum absolute atomic E-state index is 14.1. The molecule has 2 bridgehead atoms. The van der Waals surface area contributed by atoms with Crippen molar-refractivity contribution >= 4 is 52.2 Å². The lowest BCUT2D eigenvalue weighted by atomic mass is 9.68. The highest BCUT2D eigenvalue weighted by Gasteiger charge is 2.69. The van der Waals surface area contributed by atoms with Gasteiger partial charge in [0, 0.05) is 21.7 Å². The summed E-state index contributed by atoms with van der Waals surface area (Å²) in [5.41, 5.74) is 3.18. The van der Waals surface area contributed by atoms with Gasteiger partial charge in [-0.2, -0.15) is 0 Å². The van der Waals surface area contributed by atoms with Gasteiger partial charge in [0.1, 0.15) is 5.75 Å². The van der Waals surface area contributed by atoms with Crippen molar-refractivity contribution in [3.63, 3.8) is 0 Å². The molecule has 0 unspecified atom stereocenters. The summed E-state index contributed by atoms with van der Waals surface area (Å²) in [5.74, 6) is 0.0431. The largest absolute Gasteiger partial charge is 0.497 e. The minimum absolute atomic E-state index is 0.00415. The third-order valence-electron chi connectivity index (χ3n) is 10.5. The second-order valence-electron chi connectivity index (χ2n) is 13.0. The quantitative estimate of drug-likeness (QED) is 0.209. The molecule has 10 nitrogen and oxygen atoms in total. The summed E-state index contributed by atoms with van der Waals surface area (Å²) in [6.45, 7) is 4.00. The first-order valence-electron chi connectivity index (χ1n) is 16.4. The summed E-state index contributed by atoms with van der Waals surface area (Å²) >= 11 is 2.86. The molecule has 0 spiro atoms. The lowest BCUT2D eigenvalue weighted by molar-refractivity contribution is -0.123. The van der Waals surface area contributed by atoms with Crippen LogP contribution >= 0.6 is 23.1 Å². The Labute approximate surface area is 291 Å². The molecule has 3 fully saturated rings. The zero-order chi connectivity index (χ0) is 34.0. The summed E-state index contributed by atoms with van der Waals surface area (Å²) in [6.07, 6.45) is 0.788. The van der Waals surface area contributed by atoms with Crippen LogP contribution in [-0.2, 0) is 14.4 Å². The van der Waals surface area contributed by atoms with Gasteiger partial charge in [0.2, 0.25) is 11.8 Å². The minimum Gasteiger partial charge on any atom is -0.497 e. The van der Waals surface area contributed by atoms with Gasteiger partial charge in [0.25, 0.3) is 5.91 Å². The lowest BCUT2D eigenvalue weighted by Gasteiger charge is -2.43. The monoisotopic (exact) mass is 697 g/mol. The van der Waals surface area contributed by atoms with Crippen LogP contribution < -0.4 is 29.3 Å². The smallest absolute Gasteiger partial charge is 0.305 e. The third kappa shape index (κ3) is 5.23. The molecule has 252 valence electrons. The number of nitrogens with one attached hydrogen (secondary N) is 2. The van der Waals surface area contributed by atoms with E-state index in [-0.39, 0.29) is 64.0 Å². The van der Waals surface area contributed by atoms with E-state index in [0.29, 0.717) is 29.5 Å². The molecule has 4 aliphatic rings. The number of aryl methyl sites for hydroxylation is 1. The number of rotatable bonds is 9. The molecule has 8 rings (SSSR count). The fourth-order valence-electron chi connectivity index (χ4n) is 8.52. The molecule has 12 heteroatoms. The molecule has 2 aliphatic carbocycles. The molecule has 4 aromatic rings. The van der Waals surface area contributed by atoms with E-state index in [1.165, 1.54) is 16.2 Å². The molecule has 3 heterocycles. The molecule has 2 N–H and O–H groups in total. The second-order valence-corrected chi connectivity index (χ2v) is 15.2. The van der Waals surface area contributed by atoms with E-state index in [9.17, 15) is 19.2 Å². The molecule has 2 saturated carbocycles. The number of benzene rings is 3. The van der Waals surface area contributed by atoms with E-state index in [4.69, 9.17) is 14.2 Å². The van der Waals surface area contributed by atoms with Crippen molar-refractivity contribution < 1.29 is 28.6 Å². The number of ether oxygens (including phenoxy) is 3. The average molecular weight is 698 g/mol. The number of thioether (sulfide) groups is 1. The summed E-state index contributed by atoms with van der Waals surface area (Å²) in [6, 6.07) is 20.3. The number of para-hydroxylation sites is 1. The van der Waals surface area contributed by atoms with E-state index >= 15 is 0 Å². The summed E-state index contributed by atoms with van der Waals surface area (Å²) < 4.78 is 17.3. The van der Waals surface area contributed by atoms with Crippen LogP contribution in [0.15, 0.2) is 76.6 Å². The third-order valence-corrected chi connectivity index (χ3v) is 13.0. The van der Waals surface area contributed by atoms with Crippen molar-refractivity contribution in [2.75, 3.05) is 30.5 Å². The molecule has 0 radical (unpaired) electrons. The number of H-pyrrole nitrogens is 1. The summed E-state index contributed by atoms with van der Waals surface area (Å²) in [4.78, 5) is 58.8. The van der Waals surface area contributed by atoms with Crippen LogP contribution in [-0.4, -0.2) is 48.3 Å². The van der Waals surface area contributed by atoms with Gasteiger partial charge in [0.15, 0.2) is 18.1 Å². The number of aromatic nitrogens is 1. The van der Waals surface area contributed by atoms with Gasteiger partial charge in [0.05, 0.1) is 36.3 Å². The van der Waals surface area contributed by atoms with E-state index in [1.807, 2.05) is 56.3 Å². The molecule has 49 heavy (non-hydrogen) atoms. The van der Waals surface area contributed by atoms with Crippen molar-refractivity contribution in [3.05, 3.63) is 92.4 Å². The Kier molecular flexibility index (Phi) is 8.02. The van der Waals surface area contributed by atoms with Crippen LogP contribution in [0.4, 0.5) is 11.4 Å². The van der Waals surface area contributed by atoms with Crippen molar-refractivity contribution in [3.8, 4) is 17.2 Å². The SMILES string of the molecule is CCOc1cc([C@@H]2c3sc(=O)[nH]c3S[C@@H]3[C@@H]4C[C@@H]([C@@H]5C(=O)N(c6ccc(OC)cc6)C(=O)[C@@H]45)[C@H]23)ccc1OCC(=O)Nc1ccccc1C. The normalized spacial score (nSPS) is 26.3. The topological polar surface area (TPSA) is 127 Å². The van der Waals surface area contributed by atoms with Crippen LogP contribution in [0.5, 0.6) is 17.2 Å². The molecule has 7 atom stereocenters. The van der Waals surface area contributed by atoms with Gasteiger partial charge < -0.3 is 24.5 Å². The number of thiazole rings is 1. The highest BCUT2D eigenvalue weighted by molar-refractivity contribution is 8.00. The number of imide groups is 1. The fraction of sp³-hybridized carbons (Fsp3) is 0.351. The van der Waals surface area contributed by atoms with Crippen LogP contribution in [0.25, 0.3) is 0 Å². The Hall–Kier alpha value is -4.55. The first-order valence-corrected chi connectivity index (χ1v) is 18.1. The molecule has 1 aromatic heterocycles. The van der Waals surface area contributed by atoms with Crippen molar-refractivity contribution in [2.45, 2.75) is 36.5 Å². The van der Waals surface area contributed by atoms with Crippen LogP contribution in [0.2, 0.25) is 0 Å². The van der Waals surface area contributed by atoms with E-state index < -0.39 is 5.92 Å². The predicted octanol–water partition coefficient (Wildman–Crippen LogP) is 5.85. The summed E-state index contributed by atoms with van der Waals surface area (Å²) in [5, 5.41) is 3.78. The molecular formula is C37H35N3O7S2. The fourth-order valence-corrected chi connectivity index (χ4v) is 11.4. The maximum Gasteiger partial charge on any atom is 0.305 e. The van der Waals surface area contributed by atoms with Crippen LogP contribution in [0, 0.1) is 36.5 Å². The Morgan fingerprint density at radius 1 is 0.959 bits per heavy atom. The molecule has 2 aliphatic heterocycles. The number of hydrogen-bond donors (Lipinski definition) is 2. The Morgan fingerprint density at radius 2 is 1.71 bits per heavy atom.